The lowest BCUT2D eigenvalue weighted by Gasteiger charge is -2.19. The number of anilines is 3. The minimum atomic E-state index is -4.88. The first kappa shape index (κ1) is 23.9. The monoisotopic (exact) mass is 515 g/mol. The molecule has 2 amide bonds. The molecule has 5 rings (SSSR count). The van der Waals surface area contributed by atoms with E-state index < -0.39 is 23.6 Å². The van der Waals surface area contributed by atoms with Gasteiger partial charge in [-0.05, 0) is 58.8 Å². The molecule has 0 atom stereocenters. The van der Waals surface area contributed by atoms with Gasteiger partial charge in [-0.15, -0.1) is 0 Å². The molecule has 15 heteroatoms. The number of aromatic nitrogens is 6. The summed E-state index contributed by atoms with van der Waals surface area (Å²) in [4.78, 5) is 22.4. The second-order valence-corrected chi connectivity index (χ2v) is 7.96. The van der Waals surface area contributed by atoms with E-state index in [2.05, 4.69) is 30.8 Å². The smallest absolute Gasteiger partial charge is 0.419 e. The normalized spacial score (nSPS) is 12.9. The van der Waals surface area contributed by atoms with Gasteiger partial charge in [0.15, 0.2) is 0 Å². The van der Waals surface area contributed by atoms with Crippen molar-refractivity contribution in [3.05, 3.63) is 71.4 Å². The van der Waals surface area contributed by atoms with Gasteiger partial charge < -0.3 is 15.8 Å². The van der Waals surface area contributed by atoms with E-state index in [9.17, 15) is 22.4 Å². The molecule has 0 aliphatic carbocycles. The summed E-state index contributed by atoms with van der Waals surface area (Å²) in [5.74, 6) is -0.560. The molecule has 2 aromatic carbocycles. The molecule has 0 radical (unpaired) electrons. The molecule has 0 unspecified atom stereocenters. The highest BCUT2D eigenvalue weighted by Crippen LogP contribution is 2.35. The molecular formula is C22H17F4N9O2. The number of amides is 2. The summed E-state index contributed by atoms with van der Waals surface area (Å²) < 4.78 is 59.7. The highest BCUT2D eigenvalue weighted by molar-refractivity contribution is 6.03. The Kier molecular flexibility index (Phi) is 6.02. The summed E-state index contributed by atoms with van der Waals surface area (Å²) in [5, 5.41) is 13.2. The first-order valence-corrected chi connectivity index (χ1v) is 10.8. The highest BCUT2D eigenvalue weighted by atomic mass is 19.4. The number of hydrogen-bond acceptors (Lipinski definition) is 8. The van der Waals surface area contributed by atoms with Crippen LogP contribution in [0.4, 0.5) is 39.7 Å². The minimum absolute atomic E-state index is 0.133. The van der Waals surface area contributed by atoms with Crippen LogP contribution in [0.3, 0.4) is 0 Å². The van der Waals surface area contributed by atoms with Crippen LogP contribution in [0, 0.1) is 5.82 Å². The molecule has 190 valence electrons. The van der Waals surface area contributed by atoms with Crippen molar-refractivity contribution >= 4 is 23.4 Å². The van der Waals surface area contributed by atoms with Gasteiger partial charge in [-0.2, -0.15) is 13.2 Å². The van der Waals surface area contributed by atoms with Crippen molar-refractivity contribution in [2.75, 3.05) is 22.5 Å². The second-order valence-electron chi connectivity index (χ2n) is 7.96. The Morgan fingerprint density at radius 1 is 1.14 bits per heavy atom. The van der Waals surface area contributed by atoms with E-state index in [0.717, 1.165) is 11.6 Å². The summed E-state index contributed by atoms with van der Waals surface area (Å²) >= 11 is 0. The summed E-state index contributed by atoms with van der Waals surface area (Å²) in [6.07, 6.45) is -3.07. The van der Waals surface area contributed by atoms with Crippen molar-refractivity contribution in [1.29, 1.82) is 0 Å². The molecular weight excluding hydrogens is 498 g/mol. The van der Waals surface area contributed by atoms with Crippen molar-refractivity contribution in [3.8, 4) is 11.6 Å². The number of carbonyl (C=O) groups is 1. The average molecular weight is 515 g/mol. The largest absolute Gasteiger partial charge is 0.439 e. The van der Waals surface area contributed by atoms with Crippen molar-refractivity contribution < 1.29 is 27.1 Å². The lowest BCUT2D eigenvalue weighted by molar-refractivity contribution is -0.139. The van der Waals surface area contributed by atoms with E-state index in [1.165, 1.54) is 15.9 Å². The summed E-state index contributed by atoms with van der Waals surface area (Å²) in [5.41, 5.74) is 5.96. The third kappa shape index (κ3) is 5.10. The van der Waals surface area contributed by atoms with Crippen LogP contribution in [0.1, 0.15) is 16.8 Å². The van der Waals surface area contributed by atoms with E-state index in [0.29, 0.717) is 42.2 Å². The quantitative estimate of drug-likeness (QED) is 0.385. The number of nitrogens with two attached hydrogens (primary N) is 1. The predicted octanol–water partition coefficient (Wildman–Crippen LogP) is 3.64. The van der Waals surface area contributed by atoms with Crippen LogP contribution < -0.4 is 20.7 Å². The van der Waals surface area contributed by atoms with Crippen LogP contribution in [0.25, 0.3) is 0 Å². The number of nitrogens with one attached hydrogen (secondary N) is 1. The Balaban J connectivity index is 1.28. The predicted molar refractivity (Wildman–Crippen MR) is 121 cm³/mol. The molecule has 1 aliphatic heterocycles. The van der Waals surface area contributed by atoms with Crippen LogP contribution in [-0.2, 0) is 19.1 Å². The molecule has 11 nitrogen and oxygen atoms in total. The Hall–Kier alpha value is -4.82. The second kappa shape index (κ2) is 9.33. The lowest BCUT2D eigenvalue weighted by Crippen LogP contribution is -2.33. The van der Waals surface area contributed by atoms with Gasteiger partial charge in [0.05, 0.1) is 17.8 Å². The number of nitrogen functional groups attached to an aromatic ring is 1. The van der Waals surface area contributed by atoms with E-state index in [-0.39, 0.29) is 24.1 Å². The number of fused-ring (bicyclic) bond motifs is 1. The molecule has 2 aromatic heterocycles. The number of halogens is 4. The number of tetrazole rings is 1. The van der Waals surface area contributed by atoms with Crippen LogP contribution in [0.2, 0.25) is 0 Å². The Bertz CT molecular complexity index is 1470. The highest BCUT2D eigenvalue weighted by Gasteiger charge is 2.34. The summed E-state index contributed by atoms with van der Waals surface area (Å²) in [6.45, 7) is 0.507. The molecule has 0 spiro atoms. The topological polar surface area (TPSA) is 137 Å². The zero-order valence-electron chi connectivity index (χ0n) is 18.8. The average Bonchev–Trinajstić information content (AvgIpc) is 3.45. The van der Waals surface area contributed by atoms with Crippen molar-refractivity contribution in [1.82, 2.24) is 30.2 Å². The molecule has 4 aromatic rings. The standard InChI is InChI=1S/C22H17F4N9O2/c23-17-3-1-13(8-16(17)22(24,25)26)30-21(36)34-6-5-12-7-15(2-4-18(12)34)37-19-9-14(28-11-29-19)10-35-20(27)31-32-33-35/h1-4,7-9,11H,5-6,10H2,(H,30,36)(H2,27,31,33). The fourth-order valence-electron chi connectivity index (χ4n) is 3.78. The number of nitrogens with zero attached hydrogens (tertiary/aromatic N) is 7. The maximum absolute atomic E-state index is 13.5. The summed E-state index contributed by atoms with van der Waals surface area (Å²) in [7, 11) is 0. The Morgan fingerprint density at radius 3 is 2.73 bits per heavy atom. The summed E-state index contributed by atoms with van der Waals surface area (Å²) in [6, 6.07) is 8.28. The molecule has 0 saturated carbocycles. The molecule has 0 saturated heterocycles. The third-order valence-electron chi connectivity index (χ3n) is 5.51. The number of benzene rings is 2. The molecule has 0 bridgehead atoms. The van der Waals surface area contributed by atoms with E-state index in [1.807, 2.05) is 0 Å². The molecule has 3 heterocycles. The van der Waals surface area contributed by atoms with Crippen LogP contribution in [0.15, 0.2) is 48.8 Å². The van der Waals surface area contributed by atoms with Gasteiger partial charge in [-0.1, -0.05) is 5.10 Å². The maximum atomic E-state index is 13.5. The van der Waals surface area contributed by atoms with Gasteiger partial charge in [0, 0.05) is 24.0 Å². The zero-order valence-corrected chi connectivity index (χ0v) is 18.8. The number of rotatable bonds is 5. The lowest BCUT2D eigenvalue weighted by atomic mass is 10.1. The van der Waals surface area contributed by atoms with E-state index >= 15 is 0 Å². The van der Waals surface area contributed by atoms with Gasteiger partial charge in [0.1, 0.15) is 17.9 Å². The number of hydrogen-bond donors (Lipinski definition) is 2. The Labute approximate surface area is 205 Å². The Morgan fingerprint density at radius 2 is 1.97 bits per heavy atom. The van der Waals surface area contributed by atoms with Gasteiger partial charge in [0.2, 0.25) is 11.8 Å². The number of ether oxygens (including phenoxy) is 1. The molecule has 3 N–H and O–H groups in total. The number of urea groups is 1. The van der Waals surface area contributed by atoms with Gasteiger partial charge >= 0.3 is 12.2 Å². The number of alkyl halides is 3. The SMILES string of the molecule is Nc1nnnn1Cc1cc(Oc2ccc3c(c2)CCN3C(=O)Nc2ccc(F)c(C(F)(F)F)c2)ncn1. The van der Waals surface area contributed by atoms with Gasteiger partial charge in [-0.3, -0.25) is 4.90 Å². The molecule has 37 heavy (non-hydrogen) atoms. The molecule has 0 fully saturated rings. The zero-order chi connectivity index (χ0) is 26.2. The van der Waals surface area contributed by atoms with Crippen LogP contribution >= 0.6 is 0 Å². The fourth-order valence-corrected chi connectivity index (χ4v) is 3.78. The first-order valence-electron chi connectivity index (χ1n) is 10.8. The van der Waals surface area contributed by atoms with E-state index in [1.54, 1.807) is 24.3 Å². The van der Waals surface area contributed by atoms with Crippen molar-refractivity contribution in [2.45, 2.75) is 19.1 Å². The fraction of sp³-hybridized carbons (Fsp3) is 0.182. The van der Waals surface area contributed by atoms with Crippen molar-refractivity contribution in [3.63, 3.8) is 0 Å². The minimum Gasteiger partial charge on any atom is -0.439 e. The van der Waals surface area contributed by atoms with Crippen LogP contribution in [-0.4, -0.2) is 42.8 Å². The van der Waals surface area contributed by atoms with Gasteiger partial charge in [-0.25, -0.2) is 23.8 Å². The van der Waals surface area contributed by atoms with Gasteiger partial charge in [0.25, 0.3) is 0 Å². The third-order valence-corrected chi connectivity index (χ3v) is 5.51. The van der Waals surface area contributed by atoms with Crippen LogP contribution in [0.5, 0.6) is 11.6 Å². The maximum Gasteiger partial charge on any atom is 0.419 e. The first-order chi connectivity index (χ1) is 17.7. The van der Waals surface area contributed by atoms with E-state index in [4.69, 9.17) is 10.5 Å². The number of carbonyl (C=O) groups excluding carboxylic acids is 1. The molecule has 1 aliphatic rings. The van der Waals surface area contributed by atoms with Crippen molar-refractivity contribution in [2.24, 2.45) is 0 Å².